The van der Waals surface area contributed by atoms with Crippen LogP contribution >= 0.6 is 0 Å². The second-order valence-electron chi connectivity index (χ2n) is 6.32. The number of amides is 1. The van der Waals surface area contributed by atoms with Crippen LogP contribution in [0.15, 0.2) is 18.2 Å². The molecule has 1 atom stereocenters. The van der Waals surface area contributed by atoms with Crippen LogP contribution in [-0.2, 0) is 9.53 Å². The molecule has 0 unspecified atom stereocenters. The van der Waals surface area contributed by atoms with E-state index in [1.54, 1.807) is 19.1 Å². The van der Waals surface area contributed by atoms with Crippen LogP contribution in [-0.4, -0.2) is 29.6 Å². The van der Waals surface area contributed by atoms with Crippen LogP contribution in [0.1, 0.15) is 54.9 Å². The number of rotatable bonds is 5. The first kappa shape index (κ1) is 17.3. The van der Waals surface area contributed by atoms with Gasteiger partial charge in [-0.1, -0.05) is 30.9 Å². The fourth-order valence-corrected chi connectivity index (χ4v) is 2.87. The molecule has 1 amide bonds. The van der Waals surface area contributed by atoms with Crippen LogP contribution < -0.4 is 5.32 Å². The standard InChI is InChI=1S/C18H25NO4/c1-12-8-9-16(20)15(10-12)18(22)23-13(2)17(21)19-11-14-6-4-3-5-7-14/h8-10,13-14,20H,3-7,11H2,1-2H3,(H,19,21)/t13-/m1/s1. The molecule has 0 saturated heterocycles. The van der Waals surface area contributed by atoms with Gasteiger partial charge in [0.25, 0.3) is 5.91 Å². The van der Waals surface area contributed by atoms with Crippen molar-refractivity contribution in [1.82, 2.24) is 5.32 Å². The highest BCUT2D eigenvalue weighted by atomic mass is 16.5. The first-order valence-electron chi connectivity index (χ1n) is 8.25. The van der Waals surface area contributed by atoms with Gasteiger partial charge in [-0.15, -0.1) is 0 Å². The summed E-state index contributed by atoms with van der Waals surface area (Å²) in [5, 5.41) is 12.6. The van der Waals surface area contributed by atoms with E-state index in [0.29, 0.717) is 12.5 Å². The summed E-state index contributed by atoms with van der Waals surface area (Å²) in [6.45, 7) is 3.99. The van der Waals surface area contributed by atoms with E-state index in [4.69, 9.17) is 4.74 Å². The molecule has 1 fully saturated rings. The zero-order valence-electron chi connectivity index (χ0n) is 13.8. The van der Waals surface area contributed by atoms with Crippen molar-refractivity contribution in [3.63, 3.8) is 0 Å². The van der Waals surface area contributed by atoms with Gasteiger partial charge in [0.05, 0.1) is 0 Å². The average molecular weight is 319 g/mol. The number of hydrogen-bond donors (Lipinski definition) is 2. The third-order valence-corrected chi connectivity index (χ3v) is 4.31. The number of phenols is 1. The summed E-state index contributed by atoms with van der Waals surface area (Å²) >= 11 is 0. The summed E-state index contributed by atoms with van der Waals surface area (Å²) in [5.74, 6) is -0.602. The van der Waals surface area contributed by atoms with Gasteiger partial charge in [-0.2, -0.15) is 0 Å². The number of phenolic OH excluding ortho intramolecular Hbond substituents is 1. The Morgan fingerprint density at radius 2 is 2.00 bits per heavy atom. The van der Waals surface area contributed by atoms with Crippen molar-refractivity contribution in [2.75, 3.05) is 6.54 Å². The number of carbonyl (C=O) groups excluding carboxylic acids is 2. The second kappa shape index (κ2) is 7.99. The fourth-order valence-electron chi connectivity index (χ4n) is 2.87. The molecule has 1 aromatic rings. The molecule has 5 nitrogen and oxygen atoms in total. The predicted molar refractivity (Wildman–Crippen MR) is 87.3 cm³/mol. The Morgan fingerprint density at radius 1 is 1.30 bits per heavy atom. The maximum atomic E-state index is 12.1. The molecule has 23 heavy (non-hydrogen) atoms. The van der Waals surface area contributed by atoms with Crippen LogP contribution in [0.4, 0.5) is 0 Å². The van der Waals surface area contributed by atoms with Gasteiger partial charge in [0, 0.05) is 6.54 Å². The lowest BCUT2D eigenvalue weighted by molar-refractivity contribution is -0.129. The molecule has 0 radical (unpaired) electrons. The maximum absolute atomic E-state index is 12.1. The normalized spacial score (nSPS) is 16.6. The molecule has 0 spiro atoms. The number of hydrogen-bond acceptors (Lipinski definition) is 4. The summed E-state index contributed by atoms with van der Waals surface area (Å²) in [6.07, 6.45) is 5.12. The summed E-state index contributed by atoms with van der Waals surface area (Å²) in [5.41, 5.74) is 0.918. The van der Waals surface area contributed by atoms with Crippen molar-refractivity contribution >= 4 is 11.9 Å². The molecule has 126 valence electrons. The monoisotopic (exact) mass is 319 g/mol. The van der Waals surface area contributed by atoms with Crippen molar-refractivity contribution in [3.8, 4) is 5.75 Å². The molecule has 2 N–H and O–H groups in total. The number of benzene rings is 1. The van der Waals surface area contributed by atoms with Gasteiger partial charge in [0.1, 0.15) is 11.3 Å². The number of aromatic hydroxyl groups is 1. The molecule has 2 rings (SSSR count). The number of nitrogens with one attached hydrogen (secondary N) is 1. The molecule has 1 saturated carbocycles. The third-order valence-electron chi connectivity index (χ3n) is 4.31. The first-order valence-corrected chi connectivity index (χ1v) is 8.25. The van der Waals surface area contributed by atoms with Crippen LogP contribution in [0.2, 0.25) is 0 Å². The number of esters is 1. The smallest absolute Gasteiger partial charge is 0.342 e. The highest BCUT2D eigenvalue weighted by Crippen LogP contribution is 2.23. The Hall–Kier alpha value is -2.04. The summed E-state index contributed by atoms with van der Waals surface area (Å²) < 4.78 is 5.16. The highest BCUT2D eigenvalue weighted by molar-refractivity contribution is 5.94. The van der Waals surface area contributed by atoms with Gasteiger partial charge in [0.15, 0.2) is 6.10 Å². The quantitative estimate of drug-likeness (QED) is 0.818. The molecule has 0 heterocycles. The zero-order chi connectivity index (χ0) is 16.8. The summed E-state index contributed by atoms with van der Waals surface area (Å²) in [6, 6.07) is 4.69. The number of carbonyl (C=O) groups is 2. The molecule has 0 bridgehead atoms. The lowest BCUT2D eigenvalue weighted by atomic mass is 9.89. The van der Waals surface area contributed by atoms with Gasteiger partial charge < -0.3 is 15.2 Å². The largest absolute Gasteiger partial charge is 0.507 e. The van der Waals surface area contributed by atoms with Gasteiger partial charge >= 0.3 is 5.97 Å². The second-order valence-corrected chi connectivity index (χ2v) is 6.32. The number of ether oxygens (including phenoxy) is 1. The minimum Gasteiger partial charge on any atom is -0.507 e. The van der Waals surface area contributed by atoms with E-state index in [9.17, 15) is 14.7 Å². The van der Waals surface area contributed by atoms with E-state index in [0.717, 1.165) is 18.4 Å². The van der Waals surface area contributed by atoms with E-state index in [1.165, 1.54) is 25.3 Å². The predicted octanol–water partition coefficient (Wildman–Crippen LogP) is 2.94. The van der Waals surface area contributed by atoms with Crippen molar-refractivity contribution in [2.45, 2.75) is 52.1 Å². The van der Waals surface area contributed by atoms with Crippen LogP contribution in [0.5, 0.6) is 5.75 Å². The molecule has 5 heteroatoms. The van der Waals surface area contributed by atoms with E-state index < -0.39 is 12.1 Å². The van der Waals surface area contributed by atoms with Gasteiger partial charge in [-0.25, -0.2) is 4.79 Å². The molecular formula is C18H25NO4. The molecule has 1 aromatic carbocycles. The van der Waals surface area contributed by atoms with Crippen molar-refractivity contribution < 1.29 is 19.4 Å². The Labute approximate surface area is 137 Å². The SMILES string of the molecule is Cc1ccc(O)c(C(=O)O[C@H](C)C(=O)NCC2CCCCC2)c1. The van der Waals surface area contributed by atoms with Crippen LogP contribution in [0, 0.1) is 12.8 Å². The zero-order valence-corrected chi connectivity index (χ0v) is 13.8. The maximum Gasteiger partial charge on any atom is 0.342 e. The van der Waals surface area contributed by atoms with E-state index >= 15 is 0 Å². The minimum atomic E-state index is -0.883. The van der Waals surface area contributed by atoms with E-state index in [2.05, 4.69) is 5.32 Å². The summed E-state index contributed by atoms with van der Waals surface area (Å²) in [4.78, 5) is 24.1. The van der Waals surface area contributed by atoms with E-state index in [-0.39, 0.29) is 17.2 Å². The molecular weight excluding hydrogens is 294 g/mol. The third kappa shape index (κ3) is 4.98. The fraction of sp³-hybridized carbons (Fsp3) is 0.556. The van der Waals surface area contributed by atoms with Crippen molar-refractivity contribution in [3.05, 3.63) is 29.3 Å². The van der Waals surface area contributed by atoms with Gasteiger partial charge in [0.2, 0.25) is 0 Å². The molecule has 0 aliphatic heterocycles. The van der Waals surface area contributed by atoms with Crippen molar-refractivity contribution in [1.29, 1.82) is 0 Å². The Balaban J connectivity index is 1.84. The lowest BCUT2D eigenvalue weighted by Crippen LogP contribution is -2.38. The molecule has 1 aliphatic carbocycles. The van der Waals surface area contributed by atoms with Crippen molar-refractivity contribution in [2.24, 2.45) is 5.92 Å². The first-order chi connectivity index (χ1) is 11.0. The average Bonchev–Trinajstić information content (AvgIpc) is 2.55. The molecule has 0 aromatic heterocycles. The summed E-state index contributed by atoms with van der Waals surface area (Å²) in [7, 11) is 0. The Bertz CT molecular complexity index is 564. The Morgan fingerprint density at radius 3 is 2.70 bits per heavy atom. The molecule has 1 aliphatic rings. The minimum absolute atomic E-state index is 0.0805. The lowest BCUT2D eigenvalue weighted by Gasteiger charge is -2.22. The number of aryl methyl sites for hydroxylation is 1. The van der Waals surface area contributed by atoms with Crippen LogP contribution in [0.3, 0.4) is 0 Å². The van der Waals surface area contributed by atoms with E-state index in [1.807, 2.05) is 6.92 Å². The Kier molecular flexibility index (Phi) is 6.02. The van der Waals surface area contributed by atoms with Gasteiger partial charge in [-0.3, -0.25) is 4.79 Å². The van der Waals surface area contributed by atoms with Gasteiger partial charge in [-0.05, 0) is 44.7 Å². The highest BCUT2D eigenvalue weighted by Gasteiger charge is 2.22. The topological polar surface area (TPSA) is 75.6 Å². The van der Waals surface area contributed by atoms with Crippen LogP contribution in [0.25, 0.3) is 0 Å².